The molecule has 2 fully saturated rings. The van der Waals surface area contributed by atoms with Crippen molar-refractivity contribution in [1.29, 1.82) is 0 Å². The first-order valence-corrected chi connectivity index (χ1v) is 13.4. The molecule has 0 saturated carbocycles. The number of carbonyl (C=O) groups is 1. The molecule has 2 heterocycles. The number of rotatable bonds is 6. The van der Waals surface area contributed by atoms with Crippen molar-refractivity contribution < 1.29 is 22.3 Å². The van der Waals surface area contributed by atoms with Crippen molar-refractivity contribution in [3.8, 4) is 0 Å². The number of hydrogen-bond donors (Lipinski definition) is 1. The predicted octanol–water partition coefficient (Wildman–Crippen LogP) is 3.97. The maximum atomic E-state index is 13.9. The summed E-state index contributed by atoms with van der Waals surface area (Å²) in [5.41, 5.74) is 0.696. The van der Waals surface area contributed by atoms with Crippen molar-refractivity contribution in [1.82, 2.24) is 9.62 Å². The lowest BCUT2D eigenvalue weighted by molar-refractivity contribution is 0.0486. The van der Waals surface area contributed by atoms with Gasteiger partial charge in [0.1, 0.15) is 5.82 Å². The summed E-state index contributed by atoms with van der Waals surface area (Å²) in [6.45, 7) is 6.48. The second kappa shape index (κ2) is 10.1. The van der Waals surface area contributed by atoms with Gasteiger partial charge in [-0.05, 0) is 67.0 Å². The lowest BCUT2D eigenvalue weighted by atomic mass is 9.74. The van der Waals surface area contributed by atoms with Gasteiger partial charge in [0.05, 0.1) is 4.90 Å². The number of nitrogens with one attached hydrogen (secondary N) is 1. The number of benzene rings is 2. The van der Waals surface area contributed by atoms with E-state index in [0.717, 1.165) is 12.0 Å². The van der Waals surface area contributed by atoms with Crippen molar-refractivity contribution >= 4 is 15.9 Å². The fourth-order valence-electron chi connectivity index (χ4n) is 5.25. The van der Waals surface area contributed by atoms with Crippen LogP contribution in [0.1, 0.15) is 49.0 Å². The standard InChI is InChI=1S/C26H33FN2O4S/c1-19-13-20(2)17-29(16-19)34(31,32)24-8-3-5-21(14-24)25(30)28-18-26(9-11-33-12-10-26)22-6-4-7-23(27)15-22/h3-8,14-15,19-20H,9-13,16-18H2,1-2H3,(H,28,30). The molecule has 2 aliphatic rings. The average molecular weight is 489 g/mol. The van der Waals surface area contributed by atoms with Crippen LogP contribution in [0.5, 0.6) is 0 Å². The van der Waals surface area contributed by atoms with Crippen LogP contribution in [0.15, 0.2) is 53.4 Å². The molecule has 0 spiro atoms. The van der Waals surface area contributed by atoms with E-state index in [1.165, 1.54) is 22.5 Å². The number of piperidine rings is 1. The minimum absolute atomic E-state index is 0.132. The fraction of sp³-hybridized carbons (Fsp3) is 0.500. The van der Waals surface area contributed by atoms with E-state index in [-0.39, 0.29) is 16.6 Å². The monoisotopic (exact) mass is 488 g/mol. The Hall–Kier alpha value is -2.29. The molecule has 2 aromatic rings. The summed E-state index contributed by atoms with van der Waals surface area (Å²) >= 11 is 0. The summed E-state index contributed by atoms with van der Waals surface area (Å²) in [4.78, 5) is 13.2. The largest absolute Gasteiger partial charge is 0.381 e. The Bertz CT molecular complexity index is 1120. The van der Waals surface area contributed by atoms with Crippen LogP contribution in [0.4, 0.5) is 4.39 Å². The van der Waals surface area contributed by atoms with Crippen LogP contribution in [0, 0.1) is 17.7 Å². The van der Waals surface area contributed by atoms with Gasteiger partial charge < -0.3 is 10.1 Å². The van der Waals surface area contributed by atoms with Gasteiger partial charge in [0.15, 0.2) is 0 Å². The summed E-state index contributed by atoms with van der Waals surface area (Å²) in [6, 6.07) is 12.7. The lowest BCUT2D eigenvalue weighted by Crippen LogP contribution is -2.44. The Balaban J connectivity index is 1.52. The van der Waals surface area contributed by atoms with E-state index in [1.54, 1.807) is 24.3 Å². The topological polar surface area (TPSA) is 75.7 Å². The Morgan fingerprint density at radius 3 is 2.44 bits per heavy atom. The minimum Gasteiger partial charge on any atom is -0.381 e. The number of sulfonamides is 1. The number of ether oxygens (including phenoxy) is 1. The van der Waals surface area contributed by atoms with Gasteiger partial charge in [0, 0.05) is 43.8 Å². The molecule has 184 valence electrons. The maximum Gasteiger partial charge on any atom is 0.251 e. The van der Waals surface area contributed by atoms with Gasteiger partial charge in [-0.25, -0.2) is 12.8 Å². The number of nitrogens with zero attached hydrogens (tertiary/aromatic N) is 1. The number of hydrogen-bond acceptors (Lipinski definition) is 4. The minimum atomic E-state index is -3.68. The van der Waals surface area contributed by atoms with Crippen LogP contribution in [-0.2, 0) is 20.2 Å². The van der Waals surface area contributed by atoms with Crippen molar-refractivity contribution in [3.63, 3.8) is 0 Å². The van der Waals surface area contributed by atoms with Crippen LogP contribution in [0.3, 0.4) is 0 Å². The van der Waals surface area contributed by atoms with Crippen LogP contribution in [-0.4, -0.2) is 51.5 Å². The van der Waals surface area contributed by atoms with Crippen LogP contribution in [0.25, 0.3) is 0 Å². The van der Waals surface area contributed by atoms with Crippen LogP contribution in [0.2, 0.25) is 0 Å². The van der Waals surface area contributed by atoms with Gasteiger partial charge in [0.2, 0.25) is 10.0 Å². The van der Waals surface area contributed by atoms with Gasteiger partial charge in [-0.3, -0.25) is 4.79 Å². The van der Waals surface area contributed by atoms with E-state index in [2.05, 4.69) is 19.2 Å². The predicted molar refractivity (Wildman–Crippen MR) is 129 cm³/mol. The van der Waals surface area contributed by atoms with Crippen LogP contribution >= 0.6 is 0 Å². The maximum absolute atomic E-state index is 13.9. The zero-order chi connectivity index (χ0) is 24.3. The summed E-state index contributed by atoms with van der Waals surface area (Å²) < 4.78 is 47.5. The highest BCUT2D eigenvalue weighted by molar-refractivity contribution is 7.89. The summed E-state index contributed by atoms with van der Waals surface area (Å²) in [5, 5.41) is 2.97. The fourth-order valence-corrected chi connectivity index (χ4v) is 6.97. The molecule has 0 aliphatic carbocycles. The molecule has 0 aromatic heterocycles. The van der Waals surface area contributed by atoms with Gasteiger partial charge in [-0.15, -0.1) is 0 Å². The van der Waals surface area contributed by atoms with E-state index < -0.39 is 15.4 Å². The molecule has 4 rings (SSSR count). The van der Waals surface area contributed by atoms with E-state index in [9.17, 15) is 17.6 Å². The summed E-state index contributed by atoms with van der Waals surface area (Å²) in [7, 11) is -3.68. The quantitative estimate of drug-likeness (QED) is 0.668. The number of carbonyl (C=O) groups excluding carboxylic acids is 1. The van der Waals surface area contributed by atoms with Gasteiger partial charge >= 0.3 is 0 Å². The SMILES string of the molecule is CC1CC(C)CN(S(=O)(=O)c2cccc(C(=O)NCC3(c4cccc(F)c4)CCOCC3)c2)C1. The average Bonchev–Trinajstić information content (AvgIpc) is 2.82. The Kier molecular flexibility index (Phi) is 7.40. The third-order valence-electron chi connectivity index (χ3n) is 7.04. The first-order chi connectivity index (χ1) is 16.2. The molecule has 34 heavy (non-hydrogen) atoms. The Morgan fingerprint density at radius 2 is 1.76 bits per heavy atom. The van der Waals surface area contributed by atoms with Crippen molar-refractivity contribution in [2.45, 2.75) is 43.4 Å². The normalized spacial score (nSPS) is 23.4. The highest BCUT2D eigenvalue weighted by Gasteiger charge is 2.36. The second-order valence-electron chi connectivity index (χ2n) is 9.88. The zero-order valence-electron chi connectivity index (χ0n) is 19.8. The number of halogens is 1. The molecule has 6 nitrogen and oxygen atoms in total. The van der Waals surface area contributed by atoms with E-state index in [0.29, 0.717) is 63.1 Å². The van der Waals surface area contributed by atoms with E-state index >= 15 is 0 Å². The highest BCUT2D eigenvalue weighted by Crippen LogP contribution is 2.35. The summed E-state index contributed by atoms with van der Waals surface area (Å²) in [6.07, 6.45) is 2.33. The molecule has 1 N–H and O–H groups in total. The molecule has 0 radical (unpaired) electrons. The second-order valence-corrected chi connectivity index (χ2v) is 11.8. The van der Waals surface area contributed by atoms with Crippen molar-refractivity contribution in [3.05, 3.63) is 65.5 Å². The molecule has 2 atom stereocenters. The van der Waals surface area contributed by atoms with Crippen LogP contribution < -0.4 is 5.32 Å². The molecular weight excluding hydrogens is 455 g/mol. The molecule has 8 heteroatoms. The van der Waals surface area contributed by atoms with E-state index in [4.69, 9.17) is 4.74 Å². The summed E-state index contributed by atoms with van der Waals surface area (Å²) in [5.74, 6) is -0.0689. The van der Waals surface area contributed by atoms with Gasteiger partial charge in [-0.2, -0.15) is 4.31 Å². The molecule has 2 unspecified atom stereocenters. The first kappa shape index (κ1) is 24.8. The van der Waals surface area contributed by atoms with E-state index in [1.807, 2.05) is 6.07 Å². The number of amides is 1. The lowest BCUT2D eigenvalue weighted by Gasteiger charge is -2.38. The third kappa shape index (κ3) is 5.34. The molecule has 2 saturated heterocycles. The highest BCUT2D eigenvalue weighted by atomic mass is 32.2. The van der Waals surface area contributed by atoms with Crippen molar-refractivity contribution in [2.24, 2.45) is 11.8 Å². The Labute approximate surface area is 201 Å². The molecule has 0 bridgehead atoms. The van der Waals surface area contributed by atoms with Gasteiger partial charge in [-0.1, -0.05) is 32.0 Å². The third-order valence-corrected chi connectivity index (χ3v) is 8.87. The molecule has 1 amide bonds. The molecule has 2 aliphatic heterocycles. The molecule has 2 aromatic carbocycles. The zero-order valence-corrected chi connectivity index (χ0v) is 20.6. The molecular formula is C26H33FN2O4S. The van der Waals surface area contributed by atoms with Crippen molar-refractivity contribution in [2.75, 3.05) is 32.8 Å². The first-order valence-electron chi connectivity index (χ1n) is 11.9. The smallest absolute Gasteiger partial charge is 0.251 e. The van der Waals surface area contributed by atoms with Gasteiger partial charge in [0.25, 0.3) is 5.91 Å². The Morgan fingerprint density at radius 1 is 1.09 bits per heavy atom.